The summed E-state index contributed by atoms with van der Waals surface area (Å²) < 4.78 is 39.9. The highest BCUT2D eigenvalue weighted by Crippen LogP contribution is 2.26. The Bertz CT molecular complexity index is 613. The number of rotatable bonds is 3. The molecule has 0 aliphatic heterocycles. The van der Waals surface area contributed by atoms with E-state index >= 15 is 0 Å². The molecule has 1 aromatic carbocycles. The Balaban J connectivity index is 2.15. The van der Waals surface area contributed by atoms with Gasteiger partial charge in [-0.3, -0.25) is 4.98 Å². The fourth-order valence-corrected chi connectivity index (χ4v) is 1.63. The topological polar surface area (TPSA) is 45.9 Å². The molecule has 1 aromatic heterocycles. The standard InChI is InChI=1S/C14H9F3N2O/c15-14(16,17)20-13-5-2-10(3-6-13)11-1-4-12(7-8-18)19-9-11/h1-6,9H,7H2. The molecule has 0 aliphatic carbocycles. The van der Waals surface area contributed by atoms with Gasteiger partial charge in [0.25, 0.3) is 0 Å². The van der Waals surface area contributed by atoms with Gasteiger partial charge >= 0.3 is 6.36 Å². The number of nitriles is 1. The normalized spacial score (nSPS) is 10.9. The first-order chi connectivity index (χ1) is 9.48. The highest BCUT2D eigenvalue weighted by molar-refractivity contribution is 5.63. The summed E-state index contributed by atoms with van der Waals surface area (Å²) in [5, 5.41) is 8.53. The van der Waals surface area contributed by atoms with Crippen LogP contribution >= 0.6 is 0 Å². The Hall–Kier alpha value is -2.55. The Morgan fingerprint density at radius 2 is 1.70 bits per heavy atom. The lowest BCUT2D eigenvalue weighted by Crippen LogP contribution is -2.16. The molecule has 2 aromatic rings. The molecule has 0 aliphatic rings. The van der Waals surface area contributed by atoms with Crippen molar-refractivity contribution in [2.24, 2.45) is 0 Å². The van der Waals surface area contributed by atoms with Gasteiger partial charge in [-0.15, -0.1) is 13.2 Å². The quantitative estimate of drug-likeness (QED) is 0.859. The van der Waals surface area contributed by atoms with E-state index in [0.29, 0.717) is 5.69 Å². The van der Waals surface area contributed by atoms with Gasteiger partial charge in [-0.2, -0.15) is 5.26 Å². The first kappa shape index (κ1) is 13.9. The number of aromatic nitrogens is 1. The molecule has 0 N–H and O–H groups in total. The number of nitrogens with zero attached hydrogens (tertiary/aromatic N) is 2. The molecule has 0 radical (unpaired) electrons. The maximum Gasteiger partial charge on any atom is 0.573 e. The van der Waals surface area contributed by atoms with Crippen molar-refractivity contribution in [3.8, 4) is 22.9 Å². The summed E-state index contributed by atoms with van der Waals surface area (Å²) in [4.78, 5) is 4.09. The molecule has 1 heterocycles. The van der Waals surface area contributed by atoms with Crippen molar-refractivity contribution >= 4 is 0 Å². The number of hydrogen-bond donors (Lipinski definition) is 0. The molecule has 0 amide bonds. The summed E-state index contributed by atoms with van der Waals surface area (Å²) in [6.45, 7) is 0. The smallest absolute Gasteiger partial charge is 0.406 e. The van der Waals surface area contributed by atoms with Crippen molar-refractivity contribution in [1.82, 2.24) is 4.98 Å². The lowest BCUT2D eigenvalue weighted by molar-refractivity contribution is -0.274. The van der Waals surface area contributed by atoms with Crippen LogP contribution in [0.5, 0.6) is 5.75 Å². The average Bonchev–Trinajstić information content (AvgIpc) is 2.39. The van der Waals surface area contributed by atoms with Crippen LogP contribution in [-0.2, 0) is 6.42 Å². The fourth-order valence-electron chi connectivity index (χ4n) is 1.63. The van der Waals surface area contributed by atoms with E-state index in [0.717, 1.165) is 11.1 Å². The van der Waals surface area contributed by atoms with Crippen molar-refractivity contribution in [1.29, 1.82) is 5.26 Å². The largest absolute Gasteiger partial charge is 0.573 e. The maximum atomic E-state index is 12.0. The van der Waals surface area contributed by atoms with E-state index in [2.05, 4.69) is 9.72 Å². The van der Waals surface area contributed by atoms with Gasteiger partial charge in [-0.05, 0) is 23.8 Å². The van der Waals surface area contributed by atoms with Crippen LogP contribution in [0.4, 0.5) is 13.2 Å². The summed E-state index contributed by atoms with van der Waals surface area (Å²) in [6, 6.07) is 11.0. The predicted octanol–water partition coefficient (Wildman–Crippen LogP) is 3.71. The predicted molar refractivity (Wildman–Crippen MR) is 65.7 cm³/mol. The van der Waals surface area contributed by atoms with E-state index in [1.54, 1.807) is 18.3 Å². The molecule has 20 heavy (non-hydrogen) atoms. The van der Waals surface area contributed by atoms with Gasteiger partial charge in [-0.1, -0.05) is 18.2 Å². The zero-order valence-corrected chi connectivity index (χ0v) is 10.2. The molecule has 0 bridgehead atoms. The Kier molecular flexibility index (Phi) is 3.89. The minimum Gasteiger partial charge on any atom is -0.406 e. The van der Waals surface area contributed by atoms with Crippen LogP contribution in [0.3, 0.4) is 0 Å². The van der Waals surface area contributed by atoms with E-state index in [4.69, 9.17) is 5.26 Å². The van der Waals surface area contributed by atoms with Crippen LogP contribution < -0.4 is 4.74 Å². The van der Waals surface area contributed by atoms with Crippen molar-refractivity contribution in [2.75, 3.05) is 0 Å². The molecule has 6 heteroatoms. The van der Waals surface area contributed by atoms with E-state index in [1.807, 2.05) is 6.07 Å². The Labute approximate surface area is 113 Å². The SMILES string of the molecule is N#CCc1ccc(-c2ccc(OC(F)(F)F)cc2)cn1. The minimum atomic E-state index is -4.69. The lowest BCUT2D eigenvalue weighted by atomic mass is 10.1. The Morgan fingerprint density at radius 1 is 1.05 bits per heavy atom. The maximum absolute atomic E-state index is 12.0. The molecule has 3 nitrogen and oxygen atoms in total. The zero-order valence-electron chi connectivity index (χ0n) is 10.2. The molecule has 0 saturated carbocycles. The molecule has 0 fully saturated rings. The van der Waals surface area contributed by atoms with Gasteiger partial charge < -0.3 is 4.74 Å². The van der Waals surface area contributed by atoms with Crippen LogP contribution in [-0.4, -0.2) is 11.3 Å². The third-order valence-electron chi connectivity index (χ3n) is 2.51. The second kappa shape index (κ2) is 5.61. The summed E-state index contributed by atoms with van der Waals surface area (Å²) in [7, 11) is 0. The first-order valence-corrected chi connectivity index (χ1v) is 5.66. The summed E-state index contributed by atoms with van der Waals surface area (Å²) >= 11 is 0. The third kappa shape index (κ3) is 3.72. The van der Waals surface area contributed by atoms with E-state index < -0.39 is 6.36 Å². The van der Waals surface area contributed by atoms with E-state index in [-0.39, 0.29) is 12.2 Å². The summed E-state index contributed by atoms with van der Waals surface area (Å²) in [5.74, 6) is -0.268. The highest BCUT2D eigenvalue weighted by Gasteiger charge is 2.30. The number of halogens is 3. The first-order valence-electron chi connectivity index (χ1n) is 5.66. The number of ether oxygens (including phenoxy) is 1. The van der Waals surface area contributed by atoms with Gasteiger partial charge in [-0.25, -0.2) is 0 Å². The minimum absolute atomic E-state index is 0.221. The Morgan fingerprint density at radius 3 is 2.20 bits per heavy atom. The van der Waals surface area contributed by atoms with Crippen LogP contribution in [0.15, 0.2) is 42.6 Å². The van der Waals surface area contributed by atoms with E-state index in [9.17, 15) is 13.2 Å². The second-order valence-corrected chi connectivity index (χ2v) is 3.95. The van der Waals surface area contributed by atoms with Crippen LogP contribution in [0, 0.1) is 11.3 Å². The fraction of sp³-hybridized carbons (Fsp3) is 0.143. The average molecular weight is 278 g/mol. The van der Waals surface area contributed by atoms with Gasteiger partial charge in [0.05, 0.1) is 18.2 Å². The number of benzene rings is 1. The van der Waals surface area contributed by atoms with Crippen LogP contribution in [0.1, 0.15) is 5.69 Å². The molecule has 0 unspecified atom stereocenters. The molecule has 102 valence electrons. The van der Waals surface area contributed by atoms with Crippen molar-refractivity contribution in [2.45, 2.75) is 12.8 Å². The van der Waals surface area contributed by atoms with E-state index in [1.165, 1.54) is 24.3 Å². The van der Waals surface area contributed by atoms with Crippen LogP contribution in [0.25, 0.3) is 11.1 Å². The monoisotopic (exact) mass is 278 g/mol. The molecular formula is C14H9F3N2O. The number of alkyl halides is 3. The van der Waals surface area contributed by atoms with Gasteiger partial charge in [0.2, 0.25) is 0 Å². The van der Waals surface area contributed by atoms with Crippen molar-refractivity contribution < 1.29 is 17.9 Å². The molecule has 0 saturated heterocycles. The highest BCUT2D eigenvalue weighted by atomic mass is 19.4. The van der Waals surface area contributed by atoms with Crippen molar-refractivity contribution in [3.05, 3.63) is 48.3 Å². The number of pyridine rings is 1. The zero-order chi connectivity index (χ0) is 14.6. The summed E-state index contributed by atoms with van der Waals surface area (Å²) in [5.41, 5.74) is 2.12. The molecule has 0 spiro atoms. The lowest BCUT2D eigenvalue weighted by Gasteiger charge is -2.09. The van der Waals surface area contributed by atoms with Crippen molar-refractivity contribution in [3.63, 3.8) is 0 Å². The third-order valence-corrected chi connectivity index (χ3v) is 2.51. The summed E-state index contributed by atoms with van der Waals surface area (Å²) in [6.07, 6.45) is -2.90. The number of hydrogen-bond acceptors (Lipinski definition) is 3. The second-order valence-electron chi connectivity index (χ2n) is 3.95. The molecular weight excluding hydrogens is 269 g/mol. The van der Waals surface area contributed by atoms with Crippen LogP contribution in [0.2, 0.25) is 0 Å². The molecule has 2 rings (SSSR count). The van der Waals surface area contributed by atoms with Gasteiger partial charge in [0.1, 0.15) is 5.75 Å². The van der Waals surface area contributed by atoms with Gasteiger partial charge in [0.15, 0.2) is 0 Å². The molecule has 0 atom stereocenters. The van der Waals surface area contributed by atoms with Gasteiger partial charge in [0, 0.05) is 11.8 Å².